The van der Waals surface area contributed by atoms with Gasteiger partial charge in [0.1, 0.15) is 11.9 Å². The highest BCUT2D eigenvalue weighted by Gasteiger charge is 2.44. The molecule has 0 saturated carbocycles. The lowest BCUT2D eigenvalue weighted by molar-refractivity contribution is 0.176. The first kappa shape index (κ1) is 20.1. The van der Waals surface area contributed by atoms with E-state index in [1.54, 1.807) is 25.4 Å². The van der Waals surface area contributed by atoms with E-state index in [1.807, 2.05) is 24.1 Å². The molecule has 2 fully saturated rings. The molecule has 4 heterocycles. The lowest BCUT2D eigenvalue weighted by atomic mass is 9.97. The van der Waals surface area contributed by atoms with Crippen molar-refractivity contribution in [3.05, 3.63) is 46.9 Å². The maximum atomic E-state index is 14.9. The van der Waals surface area contributed by atoms with Gasteiger partial charge in [-0.05, 0) is 48.6 Å². The van der Waals surface area contributed by atoms with E-state index >= 15 is 0 Å². The van der Waals surface area contributed by atoms with Gasteiger partial charge in [-0.3, -0.25) is 4.79 Å². The van der Waals surface area contributed by atoms with Crippen molar-refractivity contribution < 1.29 is 9.50 Å². The molecule has 4 atom stereocenters. The minimum Gasteiger partial charge on any atom is -0.507 e. The number of nitrogens with zero attached hydrogens (tertiary/aromatic N) is 4. The second-order valence-electron chi connectivity index (χ2n) is 8.39. The Morgan fingerprint density at radius 1 is 1.23 bits per heavy atom. The second-order valence-corrected chi connectivity index (χ2v) is 9.35. The van der Waals surface area contributed by atoms with E-state index in [0.29, 0.717) is 21.7 Å². The van der Waals surface area contributed by atoms with Crippen LogP contribution < -0.4 is 15.8 Å². The van der Waals surface area contributed by atoms with Gasteiger partial charge in [0.15, 0.2) is 5.01 Å². The van der Waals surface area contributed by atoms with Gasteiger partial charge in [0, 0.05) is 38.4 Å². The van der Waals surface area contributed by atoms with Crippen molar-refractivity contribution in [2.45, 2.75) is 43.6 Å². The fourth-order valence-corrected chi connectivity index (χ4v) is 5.48. The van der Waals surface area contributed by atoms with E-state index in [4.69, 9.17) is 0 Å². The number of benzene rings is 1. The molecule has 1 aromatic carbocycles. The molecule has 9 heteroatoms. The lowest BCUT2D eigenvalue weighted by Crippen LogP contribution is -2.55. The number of hydrogen-bond donors (Lipinski definition) is 2. The van der Waals surface area contributed by atoms with Gasteiger partial charge >= 0.3 is 0 Å². The lowest BCUT2D eigenvalue weighted by Gasteiger charge is -2.38. The predicted octanol–water partition coefficient (Wildman–Crippen LogP) is 2.94. The number of aromatic nitrogens is 3. The molecule has 2 N–H and O–H groups in total. The van der Waals surface area contributed by atoms with Crippen molar-refractivity contribution in [1.29, 1.82) is 0 Å². The molecule has 2 aromatic heterocycles. The first-order chi connectivity index (χ1) is 14.9. The Kier molecular flexibility index (Phi) is 5.02. The van der Waals surface area contributed by atoms with Crippen molar-refractivity contribution in [2.24, 2.45) is 7.05 Å². The van der Waals surface area contributed by atoms with Crippen LogP contribution in [0.15, 0.2) is 41.3 Å². The summed E-state index contributed by atoms with van der Waals surface area (Å²) in [5, 5.41) is 23.7. The number of nitrogens with one attached hydrogen (secondary N) is 1. The molecule has 2 aliphatic heterocycles. The molecular weight excluding hydrogens is 417 g/mol. The average molecular weight is 442 g/mol. The summed E-state index contributed by atoms with van der Waals surface area (Å²) in [6.07, 6.45) is 3.40. The van der Waals surface area contributed by atoms with Gasteiger partial charge < -0.3 is 19.9 Å². The van der Waals surface area contributed by atoms with Gasteiger partial charge in [0.05, 0.1) is 11.6 Å². The van der Waals surface area contributed by atoms with Crippen molar-refractivity contribution in [3.63, 3.8) is 0 Å². The maximum Gasteiger partial charge on any atom is 0.250 e. The van der Waals surface area contributed by atoms with Crippen LogP contribution in [0.5, 0.6) is 5.75 Å². The van der Waals surface area contributed by atoms with Crippen LogP contribution in [-0.2, 0) is 7.05 Å². The summed E-state index contributed by atoms with van der Waals surface area (Å²) in [4.78, 5) is 13.8. The van der Waals surface area contributed by atoms with Crippen LogP contribution in [0.25, 0.3) is 21.7 Å². The second kappa shape index (κ2) is 7.72. The number of phenolic OH excluding ortho intramolecular Hbond substituents is 1. The molecule has 2 bridgehead atoms. The standard InChI is InChI=1S/C22H24FN5O2S/c1-27-8-7-13(10-19(27)30)12-3-5-15(18(29)9-12)21-25-26-22(31-21)28(2)17-11-14-4-6-16(24-14)20(17)23/h3,5,7-10,14,16-17,20,24,29H,4,6,11H2,1-2H3/t14?,16?,17-,20+/m0/s1. The molecule has 0 radical (unpaired) electrons. The van der Waals surface area contributed by atoms with Crippen LogP contribution in [0.1, 0.15) is 19.3 Å². The average Bonchev–Trinajstić information content (AvgIpc) is 3.40. The van der Waals surface area contributed by atoms with Crippen molar-refractivity contribution in [2.75, 3.05) is 11.9 Å². The largest absolute Gasteiger partial charge is 0.507 e. The van der Waals surface area contributed by atoms with E-state index in [2.05, 4.69) is 15.5 Å². The molecule has 7 nitrogen and oxygen atoms in total. The molecule has 0 spiro atoms. The predicted molar refractivity (Wildman–Crippen MR) is 119 cm³/mol. The molecule has 0 amide bonds. The van der Waals surface area contributed by atoms with Crippen molar-refractivity contribution in [1.82, 2.24) is 20.1 Å². The number of anilines is 1. The molecule has 162 valence electrons. The van der Waals surface area contributed by atoms with E-state index in [-0.39, 0.29) is 23.4 Å². The Morgan fingerprint density at radius 2 is 2.03 bits per heavy atom. The highest BCUT2D eigenvalue weighted by Crippen LogP contribution is 2.39. The summed E-state index contributed by atoms with van der Waals surface area (Å²) in [7, 11) is 3.56. The van der Waals surface area contributed by atoms with E-state index in [0.717, 1.165) is 30.4 Å². The van der Waals surface area contributed by atoms with E-state index in [1.165, 1.54) is 22.0 Å². The third-order valence-electron chi connectivity index (χ3n) is 6.43. The number of rotatable bonds is 4. The Labute approximate surface area is 183 Å². The smallest absolute Gasteiger partial charge is 0.250 e. The van der Waals surface area contributed by atoms with Gasteiger partial charge in [0.25, 0.3) is 5.56 Å². The number of fused-ring (bicyclic) bond motifs is 2. The first-order valence-corrected chi connectivity index (χ1v) is 11.2. The van der Waals surface area contributed by atoms with Crippen molar-refractivity contribution >= 4 is 16.5 Å². The summed E-state index contributed by atoms with van der Waals surface area (Å²) in [5.74, 6) is 0.0619. The monoisotopic (exact) mass is 441 g/mol. The number of piperidine rings is 1. The van der Waals surface area contributed by atoms with E-state index in [9.17, 15) is 14.3 Å². The summed E-state index contributed by atoms with van der Waals surface area (Å²) >= 11 is 1.34. The number of aromatic hydroxyl groups is 1. The van der Waals surface area contributed by atoms with Gasteiger partial charge in [-0.15, -0.1) is 10.2 Å². The zero-order valence-corrected chi connectivity index (χ0v) is 18.1. The first-order valence-electron chi connectivity index (χ1n) is 10.4. The number of pyridine rings is 1. The molecule has 2 unspecified atom stereocenters. The third-order valence-corrected chi connectivity index (χ3v) is 7.48. The number of alkyl halides is 1. The Morgan fingerprint density at radius 3 is 2.81 bits per heavy atom. The fourth-order valence-electron chi connectivity index (χ4n) is 4.58. The summed E-state index contributed by atoms with van der Waals surface area (Å²) in [5.41, 5.74) is 1.92. The van der Waals surface area contributed by atoms with Crippen LogP contribution in [0.4, 0.5) is 9.52 Å². The fraction of sp³-hybridized carbons (Fsp3) is 0.409. The highest BCUT2D eigenvalue weighted by atomic mass is 32.1. The quantitative estimate of drug-likeness (QED) is 0.648. The normalized spacial score (nSPS) is 25.0. The van der Waals surface area contributed by atoms with Crippen LogP contribution in [0, 0.1) is 0 Å². The molecule has 2 aliphatic rings. The number of hydrogen-bond acceptors (Lipinski definition) is 7. The number of aryl methyl sites for hydroxylation is 1. The zero-order valence-electron chi connectivity index (χ0n) is 17.3. The molecule has 0 aliphatic carbocycles. The maximum absolute atomic E-state index is 14.9. The Bertz CT molecular complexity index is 1180. The third kappa shape index (κ3) is 3.61. The van der Waals surface area contributed by atoms with Crippen LogP contribution in [0.3, 0.4) is 0 Å². The van der Waals surface area contributed by atoms with Crippen molar-refractivity contribution in [3.8, 4) is 27.4 Å². The van der Waals surface area contributed by atoms with Crippen LogP contribution >= 0.6 is 11.3 Å². The topological polar surface area (TPSA) is 83.3 Å². The van der Waals surface area contributed by atoms with Gasteiger partial charge in [-0.2, -0.15) is 0 Å². The van der Waals surface area contributed by atoms with Gasteiger partial charge in [-0.25, -0.2) is 4.39 Å². The van der Waals surface area contributed by atoms with E-state index < -0.39 is 6.17 Å². The zero-order chi connectivity index (χ0) is 21.7. The van der Waals surface area contributed by atoms with Gasteiger partial charge in [-0.1, -0.05) is 17.4 Å². The molecule has 31 heavy (non-hydrogen) atoms. The van der Waals surface area contributed by atoms with Gasteiger partial charge in [0.2, 0.25) is 5.13 Å². The summed E-state index contributed by atoms with van der Waals surface area (Å²) in [6.45, 7) is 0. The Balaban J connectivity index is 1.39. The van der Waals surface area contributed by atoms with Crippen LogP contribution in [0.2, 0.25) is 0 Å². The molecule has 3 aromatic rings. The highest BCUT2D eigenvalue weighted by molar-refractivity contribution is 7.18. The molecular formula is C22H24FN5O2S. The number of phenols is 1. The SMILES string of the molecule is CN(c1nnc(-c2ccc(-c3ccn(C)c(=O)c3)cc2O)s1)[C@H]1CC2CCC(N2)[C@H]1F. The molecule has 2 saturated heterocycles. The summed E-state index contributed by atoms with van der Waals surface area (Å²) in [6, 6.07) is 8.66. The number of halogens is 1. The summed E-state index contributed by atoms with van der Waals surface area (Å²) < 4.78 is 16.4. The minimum atomic E-state index is -0.942. The minimum absolute atomic E-state index is 0.0619. The van der Waals surface area contributed by atoms with Crippen LogP contribution in [-0.4, -0.2) is 51.2 Å². The Hall–Kier alpha value is -2.78. The molecule has 5 rings (SSSR count).